The molecule has 0 aliphatic carbocycles. The van der Waals surface area contributed by atoms with Crippen LogP contribution in [0.2, 0.25) is 0 Å². The highest BCUT2D eigenvalue weighted by atomic mass is 16.4. The van der Waals surface area contributed by atoms with Crippen LogP contribution in [0.1, 0.15) is 29.8 Å². The topological polar surface area (TPSA) is 79.5 Å². The fourth-order valence-corrected chi connectivity index (χ4v) is 2.14. The summed E-state index contributed by atoms with van der Waals surface area (Å²) >= 11 is 0. The Morgan fingerprint density at radius 1 is 1.33 bits per heavy atom. The molecule has 0 aliphatic rings. The molecule has 5 heteroatoms. The Morgan fingerprint density at radius 3 is 2.57 bits per heavy atom. The van der Waals surface area contributed by atoms with Gasteiger partial charge in [0, 0.05) is 12.6 Å². The van der Waals surface area contributed by atoms with E-state index in [9.17, 15) is 9.90 Å². The van der Waals surface area contributed by atoms with Crippen LogP contribution >= 0.6 is 0 Å². The number of rotatable bonds is 5. The number of carbonyl (C=O) groups is 1. The number of anilines is 2. The zero-order chi connectivity index (χ0) is 15.4. The van der Waals surface area contributed by atoms with Gasteiger partial charge in [-0.2, -0.15) is 0 Å². The standard InChI is InChI=1S/C16H19N3O2/c1-11(2)19(10-12-6-4-3-5-7-12)15-14(16(20)21)8-13(17)9-18-15/h3-9,11H,10,17H2,1-2H3,(H,20,21). The highest BCUT2D eigenvalue weighted by Gasteiger charge is 2.20. The quantitative estimate of drug-likeness (QED) is 0.883. The van der Waals surface area contributed by atoms with Gasteiger partial charge >= 0.3 is 5.97 Å². The predicted octanol–water partition coefficient (Wildman–Crippen LogP) is 2.78. The summed E-state index contributed by atoms with van der Waals surface area (Å²) in [6, 6.07) is 11.4. The van der Waals surface area contributed by atoms with E-state index in [4.69, 9.17) is 5.73 Å². The number of nitrogens with two attached hydrogens (primary N) is 1. The summed E-state index contributed by atoms with van der Waals surface area (Å²) < 4.78 is 0. The normalized spacial score (nSPS) is 10.6. The van der Waals surface area contributed by atoms with Crippen LogP contribution in [0.3, 0.4) is 0 Å². The Hall–Kier alpha value is -2.56. The van der Waals surface area contributed by atoms with Crippen molar-refractivity contribution in [3.63, 3.8) is 0 Å². The molecule has 3 N–H and O–H groups in total. The lowest BCUT2D eigenvalue weighted by Crippen LogP contribution is -2.32. The first-order valence-corrected chi connectivity index (χ1v) is 6.78. The first-order valence-electron chi connectivity index (χ1n) is 6.78. The van der Waals surface area contributed by atoms with Gasteiger partial charge in [-0.1, -0.05) is 30.3 Å². The van der Waals surface area contributed by atoms with Crippen LogP contribution < -0.4 is 10.6 Å². The molecule has 0 bridgehead atoms. The Labute approximate surface area is 124 Å². The maximum absolute atomic E-state index is 11.4. The third-order valence-electron chi connectivity index (χ3n) is 3.21. The smallest absolute Gasteiger partial charge is 0.339 e. The summed E-state index contributed by atoms with van der Waals surface area (Å²) in [6.45, 7) is 4.61. The number of nitrogens with zero attached hydrogens (tertiary/aromatic N) is 2. The second kappa shape index (κ2) is 6.26. The Balaban J connectivity index is 2.41. The van der Waals surface area contributed by atoms with Crippen molar-refractivity contribution in [2.45, 2.75) is 26.4 Å². The first-order chi connectivity index (χ1) is 9.99. The molecule has 0 aliphatic heterocycles. The minimum Gasteiger partial charge on any atom is -0.478 e. The summed E-state index contributed by atoms with van der Waals surface area (Å²) in [7, 11) is 0. The van der Waals surface area contributed by atoms with E-state index in [0.29, 0.717) is 18.1 Å². The fraction of sp³-hybridized carbons (Fsp3) is 0.250. The van der Waals surface area contributed by atoms with Crippen LogP contribution in [-0.4, -0.2) is 22.1 Å². The molecule has 1 aromatic carbocycles. The number of carboxylic acid groups (broad SMARTS) is 1. The molecule has 1 aromatic heterocycles. The molecule has 1 heterocycles. The molecular formula is C16H19N3O2. The van der Waals surface area contributed by atoms with E-state index < -0.39 is 5.97 Å². The summed E-state index contributed by atoms with van der Waals surface area (Å²) in [4.78, 5) is 17.6. The Kier molecular flexibility index (Phi) is 4.42. The highest BCUT2D eigenvalue weighted by Crippen LogP contribution is 2.24. The monoisotopic (exact) mass is 285 g/mol. The third-order valence-corrected chi connectivity index (χ3v) is 3.21. The average molecular weight is 285 g/mol. The first kappa shape index (κ1) is 14.8. The SMILES string of the molecule is CC(C)N(Cc1ccccc1)c1ncc(N)cc1C(=O)O. The molecule has 0 unspecified atom stereocenters. The third kappa shape index (κ3) is 3.51. The van der Waals surface area contributed by atoms with Gasteiger partial charge in [-0.15, -0.1) is 0 Å². The van der Waals surface area contributed by atoms with Crippen LogP contribution in [0, 0.1) is 0 Å². The van der Waals surface area contributed by atoms with Gasteiger partial charge in [0.1, 0.15) is 11.4 Å². The van der Waals surface area contributed by atoms with Crippen molar-refractivity contribution in [2.24, 2.45) is 0 Å². The molecular weight excluding hydrogens is 266 g/mol. The molecule has 5 nitrogen and oxygen atoms in total. The molecule has 2 aromatic rings. The molecule has 0 fully saturated rings. The number of benzene rings is 1. The molecule has 2 rings (SSSR count). The molecule has 0 atom stereocenters. The minimum absolute atomic E-state index is 0.111. The van der Waals surface area contributed by atoms with E-state index in [1.807, 2.05) is 49.1 Å². The highest BCUT2D eigenvalue weighted by molar-refractivity contribution is 5.94. The zero-order valence-electron chi connectivity index (χ0n) is 12.2. The number of pyridine rings is 1. The van der Waals surface area contributed by atoms with Crippen molar-refractivity contribution in [2.75, 3.05) is 10.6 Å². The van der Waals surface area contributed by atoms with E-state index in [0.717, 1.165) is 5.56 Å². The van der Waals surface area contributed by atoms with Gasteiger partial charge in [0.15, 0.2) is 0 Å². The van der Waals surface area contributed by atoms with Crippen LogP contribution in [0.4, 0.5) is 11.5 Å². The predicted molar refractivity (Wildman–Crippen MR) is 83.4 cm³/mol. The van der Waals surface area contributed by atoms with E-state index in [2.05, 4.69) is 4.98 Å². The van der Waals surface area contributed by atoms with Gasteiger partial charge in [0.25, 0.3) is 0 Å². The van der Waals surface area contributed by atoms with Crippen LogP contribution in [0.25, 0.3) is 0 Å². The fourth-order valence-electron chi connectivity index (χ4n) is 2.14. The van der Waals surface area contributed by atoms with Gasteiger partial charge in [-0.25, -0.2) is 9.78 Å². The molecule has 0 amide bonds. The van der Waals surface area contributed by atoms with Gasteiger partial charge in [0.05, 0.1) is 11.9 Å². The van der Waals surface area contributed by atoms with Crippen molar-refractivity contribution < 1.29 is 9.90 Å². The molecule has 0 radical (unpaired) electrons. The Morgan fingerprint density at radius 2 is 2.00 bits per heavy atom. The second-order valence-electron chi connectivity index (χ2n) is 5.15. The van der Waals surface area contributed by atoms with Gasteiger partial charge in [-0.05, 0) is 25.5 Å². The minimum atomic E-state index is -1.02. The number of aromatic nitrogens is 1. The lowest BCUT2D eigenvalue weighted by molar-refractivity contribution is 0.0697. The number of hydrogen-bond acceptors (Lipinski definition) is 4. The van der Waals surface area contributed by atoms with E-state index in [-0.39, 0.29) is 11.6 Å². The van der Waals surface area contributed by atoms with Crippen molar-refractivity contribution >= 4 is 17.5 Å². The number of hydrogen-bond donors (Lipinski definition) is 2. The van der Waals surface area contributed by atoms with E-state index >= 15 is 0 Å². The maximum Gasteiger partial charge on any atom is 0.339 e. The van der Waals surface area contributed by atoms with Crippen molar-refractivity contribution in [3.05, 3.63) is 53.7 Å². The Bertz CT molecular complexity index is 627. The van der Waals surface area contributed by atoms with Crippen LogP contribution in [-0.2, 0) is 6.54 Å². The van der Waals surface area contributed by atoms with Crippen LogP contribution in [0.5, 0.6) is 0 Å². The molecule has 0 saturated carbocycles. The molecule has 110 valence electrons. The maximum atomic E-state index is 11.4. The largest absolute Gasteiger partial charge is 0.478 e. The average Bonchev–Trinajstić information content (AvgIpc) is 2.46. The van der Waals surface area contributed by atoms with Crippen molar-refractivity contribution in [3.8, 4) is 0 Å². The van der Waals surface area contributed by atoms with Crippen molar-refractivity contribution in [1.82, 2.24) is 4.98 Å². The lowest BCUT2D eigenvalue weighted by atomic mass is 10.1. The molecule has 0 spiro atoms. The summed E-state index contributed by atoms with van der Waals surface area (Å²) in [5.41, 5.74) is 7.22. The number of aromatic carboxylic acids is 1. The number of carboxylic acids is 1. The lowest BCUT2D eigenvalue weighted by Gasteiger charge is -2.29. The van der Waals surface area contributed by atoms with E-state index in [1.54, 1.807) is 0 Å². The van der Waals surface area contributed by atoms with Gasteiger partial charge in [-0.3, -0.25) is 0 Å². The second-order valence-corrected chi connectivity index (χ2v) is 5.15. The number of nitrogen functional groups attached to an aromatic ring is 1. The zero-order valence-corrected chi connectivity index (χ0v) is 12.2. The molecule has 21 heavy (non-hydrogen) atoms. The molecule has 0 saturated heterocycles. The van der Waals surface area contributed by atoms with E-state index in [1.165, 1.54) is 12.3 Å². The van der Waals surface area contributed by atoms with Gasteiger partial charge in [0.2, 0.25) is 0 Å². The van der Waals surface area contributed by atoms with Crippen LogP contribution in [0.15, 0.2) is 42.6 Å². The summed E-state index contributed by atoms with van der Waals surface area (Å²) in [6.07, 6.45) is 1.49. The van der Waals surface area contributed by atoms with Gasteiger partial charge < -0.3 is 15.7 Å². The summed E-state index contributed by atoms with van der Waals surface area (Å²) in [5, 5.41) is 9.36. The summed E-state index contributed by atoms with van der Waals surface area (Å²) in [5.74, 6) is -0.584. The van der Waals surface area contributed by atoms with Crippen molar-refractivity contribution in [1.29, 1.82) is 0 Å².